The molecule has 3 heteroatoms. The summed E-state index contributed by atoms with van der Waals surface area (Å²) < 4.78 is 4.81. The first-order valence-corrected chi connectivity index (χ1v) is 4.94. The molecule has 0 aromatic carbocycles. The predicted octanol–water partition coefficient (Wildman–Crippen LogP) is 1.83. The van der Waals surface area contributed by atoms with Crippen LogP contribution >= 0.6 is 0 Å². The van der Waals surface area contributed by atoms with Gasteiger partial charge in [0, 0.05) is 20.1 Å². The lowest BCUT2D eigenvalue weighted by molar-refractivity contribution is -0.121. The van der Waals surface area contributed by atoms with Gasteiger partial charge in [-0.1, -0.05) is 30.9 Å². The summed E-state index contributed by atoms with van der Waals surface area (Å²) in [5.74, 6) is 0.00297. The quantitative estimate of drug-likeness (QED) is 0.650. The average Bonchev–Trinajstić information content (AvgIpc) is 2.26. The number of carbonyl (C=O) groups excluding carboxylic acids is 1. The Morgan fingerprint density at radius 1 is 1.53 bits per heavy atom. The molecule has 0 aromatic heterocycles. The summed E-state index contributed by atoms with van der Waals surface area (Å²) in [6.07, 6.45) is 7.83. The van der Waals surface area contributed by atoms with Crippen LogP contribution in [0.4, 0.5) is 0 Å². The van der Waals surface area contributed by atoms with E-state index in [4.69, 9.17) is 4.74 Å². The fourth-order valence-corrected chi connectivity index (χ4v) is 0.933. The van der Waals surface area contributed by atoms with Crippen LogP contribution in [0.5, 0.6) is 0 Å². The average molecular weight is 209 g/mol. The Balaban J connectivity index is 3.86. The molecular formula is C12H19NO2. The topological polar surface area (TPSA) is 38.3 Å². The first kappa shape index (κ1) is 13.7. The lowest BCUT2D eigenvalue weighted by Crippen LogP contribution is -2.26. The molecule has 1 amide bonds. The summed E-state index contributed by atoms with van der Waals surface area (Å²) in [6, 6.07) is 0. The van der Waals surface area contributed by atoms with Gasteiger partial charge in [0.1, 0.15) is 0 Å². The van der Waals surface area contributed by atoms with Crippen molar-refractivity contribution in [3.8, 4) is 0 Å². The van der Waals surface area contributed by atoms with Crippen LogP contribution in [-0.4, -0.2) is 26.2 Å². The largest absolute Gasteiger partial charge is 0.384 e. The minimum atomic E-state index is 0.00297. The van der Waals surface area contributed by atoms with Gasteiger partial charge < -0.3 is 10.1 Å². The number of allylic oxidation sites excluding steroid dienone is 3. The van der Waals surface area contributed by atoms with E-state index in [0.29, 0.717) is 19.6 Å². The van der Waals surface area contributed by atoms with E-state index < -0.39 is 0 Å². The van der Waals surface area contributed by atoms with Crippen LogP contribution < -0.4 is 5.32 Å². The number of carbonyl (C=O) groups is 1. The maximum atomic E-state index is 11.2. The molecule has 0 rings (SSSR count). The van der Waals surface area contributed by atoms with E-state index in [-0.39, 0.29) is 5.91 Å². The zero-order valence-corrected chi connectivity index (χ0v) is 9.45. The Labute approximate surface area is 91.5 Å². The summed E-state index contributed by atoms with van der Waals surface area (Å²) in [4.78, 5) is 11.2. The molecule has 0 aliphatic carbocycles. The predicted molar refractivity (Wildman–Crippen MR) is 62.6 cm³/mol. The van der Waals surface area contributed by atoms with E-state index in [1.807, 2.05) is 25.2 Å². The Hall–Kier alpha value is -1.35. The molecule has 0 fully saturated rings. The van der Waals surface area contributed by atoms with Crippen molar-refractivity contribution in [2.24, 2.45) is 0 Å². The zero-order chi connectivity index (χ0) is 11.5. The Morgan fingerprint density at radius 2 is 2.27 bits per heavy atom. The molecule has 15 heavy (non-hydrogen) atoms. The second kappa shape index (κ2) is 9.21. The monoisotopic (exact) mass is 209 g/mol. The minimum Gasteiger partial charge on any atom is -0.384 e. The van der Waals surface area contributed by atoms with Crippen LogP contribution in [0.15, 0.2) is 36.5 Å². The Morgan fingerprint density at radius 3 is 2.80 bits per heavy atom. The third-order valence-electron chi connectivity index (χ3n) is 1.84. The van der Waals surface area contributed by atoms with Crippen molar-refractivity contribution in [3.05, 3.63) is 36.5 Å². The Kier molecular flexibility index (Phi) is 8.39. The van der Waals surface area contributed by atoms with Gasteiger partial charge in [0.2, 0.25) is 5.91 Å². The molecule has 0 spiro atoms. The number of amides is 1. The van der Waals surface area contributed by atoms with Gasteiger partial charge in [-0.3, -0.25) is 4.79 Å². The van der Waals surface area contributed by atoms with Gasteiger partial charge in [0.25, 0.3) is 0 Å². The van der Waals surface area contributed by atoms with Gasteiger partial charge in [0.05, 0.1) is 6.61 Å². The molecule has 0 heterocycles. The van der Waals surface area contributed by atoms with Gasteiger partial charge >= 0.3 is 0 Å². The molecule has 0 saturated heterocycles. The maximum Gasteiger partial charge on any atom is 0.222 e. The highest BCUT2D eigenvalue weighted by Crippen LogP contribution is 1.95. The summed E-state index contributed by atoms with van der Waals surface area (Å²) in [5.41, 5.74) is 1.06. The SMILES string of the molecule is C=C/C=C\C(=C/C)CNC(=O)CCOC. The van der Waals surface area contributed by atoms with Crippen molar-refractivity contribution >= 4 is 5.91 Å². The molecular weight excluding hydrogens is 190 g/mol. The molecule has 0 saturated carbocycles. The summed E-state index contributed by atoms with van der Waals surface area (Å²) in [6.45, 7) is 6.52. The second-order valence-electron chi connectivity index (χ2n) is 2.98. The summed E-state index contributed by atoms with van der Waals surface area (Å²) >= 11 is 0. The first-order chi connectivity index (χ1) is 7.24. The molecule has 0 bridgehead atoms. The van der Waals surface area contributed by atoms with Crippen molar-refractivity contribution in [1.29, 1.82) is 0 Å². The summed E-state index contributed by atoms with van der Waals surface area (Å²) in [7, 11) is 1.58. The number of nitrogens with one attached hydrogen (secondary N) is 1. The van der Waals surface area contributed by atoms with Crippen molar-refractivity contribution in [3.63, 3.8) is 0 Å². The highest BCUT2D eigenvalue weighted by molar-refractivity contribution is 5.76. The first-order valence-electron chi connectivity index (χ1n) is 4.94. The van der Waals surface area contributed by atoms with Crippen LogP contribution in [-0.2, 0) is 9.53 Å². The van der Waals surface area contributed by atoms with E-state index in [1.54, 1.807) is 13.2 Å². The molecule has 0 radical (unpaired) electrons. The van der Waals surface area contributed by atoms with Crippen LogP contribution in [0.2, 0.25) is 0 Å². The minimum absolute atomic E-state index is 0.00297. The van der Waals surface area contributed by atoms with Crippen LogP contribution in [0.1, 0.15) is 13.3 Å². The molecule has 1 N–H and O–H groups in total. The standard InChI is InChI=1S/C12H19NO2/c1-4-6-7-11(5-2)10-13-12(14)8-9-15-3/h4-7H,1,8-10H2,2-3H3,(H,13,14)/b7-6-,11-5+. The number of rotatable bonds is 7. The molecule has 3 nitrogen and oxygen atoms in total. The number of hydrogen-bond donors (Lipinski definition) is 1. The second-order valence-corrected chi connectivity index (χ2v) is 2.98. The highest BCUT2D eigenvalue weighted by Gasteiger charge is 1.99. The van der Waals surface area contributed by atoms with Crippen molar-refractivity contribution in [1.82, 2.24) is 5.32 Å². The van der Waals surface area contributed by atoms with Crippen molar-refractivity contribution in [2.75, 3.05) is 20.3 Å². The van der Waals surface area contributed by atoms with E-state index >= 15 is 0 Å². The lowest BCUT2D eigenvalue weighted by Gasteiger charge is -2.05. The third kappa shape index (κ3) is 7.70. The smallest absolute Gasteiger partial charge is 0.222 e. The van der Waals surface area contributed by atoms with E-state index in [9.17, 15) is 4.79 Å². The van der Waals surface area contributed by atoms with Gasteiger partial charge in [-0.05, 0) is 12.5 Å². The summed E-state index contributed by atoms with van der Waals surface area (Å²) in [5, 5.41) is 2.80. The third-order valence-corrected chi connectivity index (χ3v) is 1.84. The van der Waals surface area contributed by atoms with Crippen LogP contribution in [0.25, 0.3) is 0 Å². The van der Waals surface area contributed by atoms with Gasteiger partial charge in [-0.25, -0.2) is 0 Å². The Bertz CT molecular complexity index is 254. The number of methoxy groups -OCH3 is 1. The van der Waals surface area contributed by atoms with Gasteiger partial charge in [0.15, 0.2) is 0 Å². The number of ether oxygens (including phenoxy) is 1. The van der Waals surface area contributed by atoms with E-state index in [2.05, 4.69) is 11.9 Å². The zero-order valence-electron chi connectivity index (χ0n) is 9.45. The lowest BCUT2D eigenvalue weighted by atomic mass is 10.2. The van der Waals surface area contributed by atoms with Gasteiger partial charge in [-0.2, -0.15) is 0 Å². The van der Waals surface area contributed by atoms with Crippen LogP contribution in [0.3, 0.4) is 0 Å². The molecule has 0 aliphatic rings. The van der Waals surface area contributed by atoms with Crippen LogP contribution in [0, 0.1) is 0 Å². The van der Waals surface area contributed by atoms with E-state index in [1.165, 1.54) is 0 Å². The van der Waals surface area contributed by atoms with E-state index in [0.717, 1.165) is 5.57 Å². The molecule has 84 valence electrons. The fraction of sp³-hybridized carbons (Fsp3) is 0.417. The van der Waals surface area contributed by atoms with Crippen molar-refractivity contribution in [2.45, 2.75) is 13.3 Å². The molecule has 0 aromatic rings. The molecule has 0 aliphatic heterocycles. The molecule has 0 atom stereocenters. The van der Waals surface area contributed by atoms with Crippen molar-refractivity contribution < 1.29 is 9.53 Å². The molecule has 0 unspecified atom stereocenters. The highest BCUT2D eigenvalue weighted by atomic mass is 16.5. The maximum absolute atomic E-state index is 11.2. The number of hydrogen-bond acceptors (Lipinski definition) is 2. The fourth-order valence-electron chi connectivity index (χ4n) is 0.933. The normalized spacial score (nSPS) is 11.7. The van der Waals surface area contributed by atoms with Gasteiger partial charge in [-0.15, -0.1) is 0 Å².